The summed E-state index contributed by atoms with van der Waals surface area (Å²) < 4.78 is 2.04. The molecule has 0 radical (unpaired) electrons. The molecule has 5 nitrogen and oxygen atoms in total. The highest BCUT2D eigenvalue weighted by Crippen LogP contribution is 2.23. The van der Waals surface area contributed by atoms with Gasteiger partial charge in [-0.05, 0) is 26.7 Å². The van der Waals surface area contributed by atoms with Gasteiger partial charge >= 0.3 is 0 Å². The van der Waals surface area contributed by atoms with Gasteiger partial charge in [-0.25, -0.2) is 4.98 Å². The van der Waals surface area contributed by atoms with Crippen molar-refractivity contribution in [2.75, 3.05) is 6.54 Å². The molecule has 0 bridgehead atoms. The molecule has 1 rings (SSSR count). The number of nitrogens with two attached hydrogens (primary N) is 1. The fraction of sp³-hybridized carbons (Fsp3) is 0.733. The number of aromatic nitrogens is 2. The molecule has 0 aliphatic rings. The molecule has 20 heavy (non-hydrogen) atoms. The first kappa shape index (κ1) is 16.7. The maximum absolute atomic E-state index is 11.9. The van der Waals surface area contributed by atoms with Crippen molar-refractivity contribution < 1.29 is 4.79 Å². The molecule has 0 aliphatic carbocycles. The molecule has 5 heteroatoms. The van der Waals surface area contributed by atoms with E-state index in [9.17, 15) is 4.79 Å². The molecule has 1 aromatic heterocycles. The van der Waals surface area contributed by atoms with Gasteiger partial charge in [0.2, 0.25) is 5.91 Å². The van der Waals surface area contributed by atoms with Gasteiger partial charge in [0.05, 0.1) is 6.33 Å². The summed E-state index contributed by atoms with van der Waals surface area (Å²) in [4.78, 5) is 16.1. The number of nitrogens with one attached hydrogen (secondary N) is 1. The summed E-state index contributed by atoms with van der Waals surface area (Å²) in [6, 6.07) is 0. The lowest BCUT2D eigenvalue weighted by atomic mass is 9.93. The van der Waals surface area contributed by atoms with Crippen LogP contribution in [0.1, 0.15) is 52.7 Å². The summed E-state index contributed by atoms with van der Waals surface area (Å²) in [5.74, 6) is 0.799. The highest BCUT2D eigenvalue weighted by atomic mass is 16.1. The summed E-state index contributed by atoms with van der Waals surface area (Å²) in [6.07, 6.45) is 4.10. The zero-order valence-corrected chi connectivity index (χ0v) is 13.3. The predicted octanol–water partition coefficient (Wildman–Crippen LogP) is 1.89. The summed E-state index contributed by atoms with van der Waals surface area (Å²) in [6.45, 7) is 11.5. The van der Waals surface area contributed by atoms with Gasteiger partial charge in [0.1, 0.15) is 0 Å². The molecule has 0 saturated heterocycles. The minimum absolute atomic E-state index is 0.0611. The Balaban J connectivity index is 2.66. The van der Waals surface area contributed by atoms with Crippen LogP contribution in [0, 0.1) is 5.92 Å². The lowest BCUT2D eigenvalue weighted by molar-refractivity contribution is -0.122. The Morgan fingerprint density at radius 1 is 1.45 bits per heavy atom. The normalized spacial score (nSPS) is 13.6. The van der Waals surface area contributed by atoms with Gasteiger partial charge in [0.15, 0.2) is 0 Å². The fourth-order valence-electron chi connectivity index (χ4n) is 2.26. The molecule has 3 N–H and O–H groups in total. The van der Waals surface area contributed by atoms with Gasteiger partial charge < -0.3 is 15.6 Å². The van der Waals surface area contributed by atoms with Gasteiger partial charge in [-0.2, -0.15) is 0 Å². The van der Waals surface area contributed by atoms with Crippen LogP contribution in [-0.4, -0.2) is 27.5 Å². The van der Waals surface area contributed by atoms with E-state index in [0.29, 0.717) is 25.4 Å². The smallest absolute Gasteiger partial charge is 0.222 e. The molecular formula is C15H28N4O. The molecule has 0 fully saturated rings. The number of imidazole rings is 1. The minimum atomic E-state index is -0.188. The average molecular weight is 280 g/mol. The number of hydrogen-bond acceptors (Lipinski definition) is 3. The van der Waals surface area contributed by atoms with Crippen molar-refractivity contribution in [3.05, 3.63) is 18.2 Å². The van der Waals surface area contributed by atoms with Crippen LogP contribution in [0.2, 0.25) is 0 Å². The topological polar surface area (TPSA) is 72.9 Å². The number of aryl methyl sites for hydroxylation is 1. The molecule has 1 unspecified atom stereocenters. The van der Waals surface area contributed by atoms with E-state index in [1.54, 1.807) is 6.33 Å². The third kappa shape index (κ3) is 4.96. The molecule has 1 atom stereocenters. The Morgan fingerprint density at radius 3 is 2.60 bits per heavy atom. The number of hydrogen-bond donors (Lipinski definition) is 2. The summed E-state index contributed by atoms with van der Waals surface area (Å²) >= 11 is 0. The second-order valence-corrected chi connectivity index (χ2v) is 6.65. The van der Waals surface area contributed by atoms with E-state index in [-0.39, 0.29) is 17.4 Å². The highest BCUT2D eigenvalue weighted by molar-refractivity contribution is 5.76. The van der Waals surface area contributed by atoms with E-state index in [1.807, 2.05) is 31.5 Å². The van der Waals surface area contributed by atoms with Crippen molar-refractivity contribution in [2.45, 2.75) is 59.0 Å². The predicted molar refractivity (Wildman–Crippen MR) is 81.4 cm³/mol. The standard InChI is InChI=1S/C15H28N4O/c1-11(2)12(8-16)13-9-17-10-19(13)7-6-14(20)18-15(3,4)5/h9-12H,6-8,16H2,1-5H3,(H,18,20). The first-order valence-corrected chi connectivity index (χ1v) is 7.25. The number of nitrogens with zero attached hydrogens (tertiary/aromatic N) is 2. The number of rotatable bonds is 6. The molecule has 0 saturated carbocycles. The van der Waals surface area contributed by atoms with E-state index in [4.69, 9.17) is 5.73 Å². The third-order valence-electron chi connectivity index (χ3n) is 3.28. The van der Waals surface area contributed by atoms with Gasteiger partial charge in [-0.15, -0.1) is 0 Å². The first-order valence-electron chi connectivity index (χ1n) is 7.25. The third-order valence-corrected chi connectivity index (χ3v) is 3.28. The van der Waals surface area contributed by atoms with Crippen LogP contribution >= 0.6 is 0 Å². The van der Waals surface area contributed by atoms with Crippen LogP contribution in [0.15, 0.2) is 12.5 Å². The van der Waals surface area contributed by atoms with Gasteiger partial charge in [-0.3, -0.25) is 4.79 Å². The lowest BCUT2D eigenvalue weighted by Gasteiger charge is -2.22. The second kappa shape index (κ2) is 6.88. The fourth-order valence-corrected chi connectivity index (χ4v) is 2.26. The molecule has 1 heterocycles. The number of amides is 1. The molecular weight excluding hydrogens is 252 g/mol. The molecule has 0 spiro atoms. The zero-order valence-electron chi connectivity index (χ0n) is 13.3. The monoisotopic (exact) mass is 280 g/mol. The maximum atomic E-state index is 11.9. The van der Waals surface area contributed by atoms with E-state index in [1.165, 1.54) is 0 Å². The van der Waals surface area contributed by atoms with Crippen LogP contribution in [0.3, 0.4) is 0 Å². The molecule has 1 amide bonds. The van der Waals surface area contributed by atoms with Crippen LogP contribution in [0.5, 0.6) is 0 Å². The van der Waals surface area contributed by atoms with Crippen molar-refractivity contribution in [3.8, 4) is 0 Å². The quantitative estimate of drug-likeness (QED) is 0.835. The van der Waals surface area contributed by atoms with Crippen LogP contribution in [0.4, 0.5) is 0 Å². The van der Waals surface area contributed by atoms with Crippen molar-refractivity contribution in [1.82, 2.24) is 14.9 Å². The second-order valence-electron chi connectivity index (χ2n) is 6.65. The Bertz CT molecular complexity index is 431. The van der Waals surface area contributed by atoms with Crippen LogP contribution in [-0.2, 0) is 11.3 Å². The van der Waals surface area contributed by atoms with Gasteiger partial charge in [0, 0.05) is 42.9 Å². The van der Waals surface area contributed by atoms with Gasteiger partial charge in [0.25, 0.3) is 0 Å². The lowest BCUT2D eigenvalue weighted by Crippen LogP contribution is -2.40. The highest BCUT2D eigenvalue weighted by Gasteiger charge is 2.19. The van der Waals surface area contributed by atoms with Gasteiger partial charge in [-0.1, -0.05) is 13.8 Å². The van der Waals surface area contributed by atoms with Crippen molar-refractivity contribution >= 4 is 5.91 Å². The number of carbonyl (C=O) groups is 1. The largest absolute Gasteiger partial charge is 0.351 e. The van der Waals surface area contributed by atoms with E-state index >= 15 is 0 Å². The van der Waals surface area contributed by atoms with Crippen LogP contribution < -0.4 is 11.1 Å². The van der Waals surface area contributed by atoms with Crippen LogP contribution in [0.25, 0.3) is 0 Å². The summed E-state index contributed by atoms with van der Waals surface area (Å²) in [7, 11) is 0. The number of carbonyl (C=O) groups excluding carboxylic acids is 1. The van der Waals surface area contributed by atoms with Crippen molar-refractivity contribution in [3.63, 3.8) is 0 Å². The Kier molecular flexibility index (Phi) is 5.74. The average Bonchev–Trinajstić information content (AvgIpc) is 2.73. The SMILES string of the molecule is CC(C)C(CN)c1cncn1CCC(=O)NC(C)(C)C. The minimum Gasteiger partial charge on any atom is -0.351 e. The van der Waals surface area contributed by atoms with E-state index < -0.39 is 0 Å². The van der Waals surface area contributed by atoms with Crippen molar-refractivity contribution in [1.29, 1.82) is 0 Å². The van der Waals surface area contributed by atoms with Crippen molar-refractivity contribution in [2.24, 2.45) is 11.7 Å². The Morgan fingerprint density at radius 2 is 2.10 bits per heavy atom. The molecule has 114 valence electrons. The summed E-state index contributed by atoms with van der Waals surface area (Å²) in [5.41, 5.74) is 6.78. The maximum Gasteiger partial charge on any atom is 0.222 e. The summed E-state index contributed by atoms with van der Waals surface area (Å²) in [5, 5.41) is 2.97. The molecule has 0 aromatic carbocycles. The molecule has 1 aromatic rings. The Hall–Kier alpha value is -1.36. The van der Waals surface area contributed by atoms with E-state index in [0.717, 1.165) is 5.69 Å². The zero-order chi connectivity index (χ0) is 15.3. The van der Waals surface area contributed by atoms with E-state index in [2.05, 4.69) is 24.1 Å². The first-order chi connectivity index (χ1) is 9.24. The Labute approximate surface area is 122 Å². The molecule has 0 aliphatic heterocycles.